The quantitative estimate of drug-likeness (QED) is 0.625. The number of morpholine rings is 1. The third-order valence-corrected chi connectivity index (χ3v) is 4.74. The molecule has 2 aliphatic rings. The molecule has 0 spiro atoms. The lowest BCUT2D eigenvalue weighted by molar-refractivity contribution is -0.274. The predicted octanol–water partition coefficient (Wildman–Crippen LogP) is 3.63. The molecule has 0 aliphatic carbocycles. The highest BCUT2D eigenvalue weighted by atomic mass is 19.4. The molecule has 170 valence electrons. The van der Waals surface area contributed by atoms with E-state index < -0.39 is 6.36 Å². The summed E-state index contributed by atoms with van der Waals surface area (Å²) in [6, 6.07) is 10.6. The molecule has 0 bridgehead atoms. The minimum Gasteiger partial charge on any atom is -0.491 e. The second-order valence-corrected chi connectivity index (χ2v) is 7.06. The number of hydrogen-bond donors (Lipinski definition) is 0. The normalized spacial score (nSPS) is 18.1. The molecular weight excluding hydrogens is 431 g/mol. The van der Waals surface area contributed by atoms with Gasteiger partial charge in [0.05, 0.1) is 13.2 Å². The van der Waals surface area contributed by atoms with Gasteiger partial charge < -0.3 is 28.6 Å². The zero-order valence-corrected chi connectivity index (χ0v) is 16.8. The number of halogens is 3. The van der Waals surface area contributed by atoms with E-state index in [9.17, 15) is 18.0 Å². The standard InChI is InChI=1S/C22H20F3NO6/c23-22(24,25)32-17-3-1-2-15(10-17)4-7-21(27)26-8-9-28-18(12-26)13-29-16-5-6-19-20(11-16)31-14-30-19/h1-7,10-11,18H,8-9,12-14H2. The van der Waals surface area contributed by atoms with Gasteiger partial charge in [-0.3, -0.25) is 4.79 Å². The van der Waals surface area contributed by atoms with Crippen molar-refractivity contribution in [3.05, 3.63) is 54.1 Å². The number of rotatable bonds is 6. The fourth-order valence-electron chi connectivity index (χ4n) is 3.26. The Hall–Kier alpha value is -3.40. The molecule has 1 fully saturated rings. The van der Waals surface area contributed by atoms with Gasteiger partial charge in [0.2, 0.25) is 12.7 Å². The van der Waals surface area contributed by atoms with E-state index in [1.165, 1.54) is 30.4 Å². The predicted molar refractivity (Wildman–Crippen MR) is 107 cm³/mol. The van der Waals surface area contributed by atoms with E-state index >= 15 is 0 Å². The van der Waals surface area contributed by atoms with Gasteiger partial charge in [0.15, 0.2) is 11.5 Å². The van der Waals surface area contributed by atoms with Crippen molar-refractivity contribution in [1.82, 2.24) is 4.90 Å². The Labute approximate surface area is 181 Å². The van der Waals surface area contributed by atoms with Crippen LogP contribution in [0.4, 0.5) is 13.2 Å². The van der Waals surface area contributed by atoms with Gasteiger partial charge in [-0.2, -0.15) is 0 Å². The summed E-state index contributed by atoms with van der Waals surface area (Å²) < 4.78 is 63.0. The summed E-state index contributed by atoms with van der Waals surface area (Å²) in [6.45, 7) is 1.49. The topological polar surface area (TPSA) is 66.5 Å². The molecule has 0 saturated carbocycles. The molecule has 7 nitrogen and oxygen atoms in total. The summed E-state index contributed by atoms with van der Waals surface area (Å²) in [6.07, 6.45) is -2.34. The summed E-state index contributed by atoms with van der Waals surface area (Å²) in [5, 5.41) is 0. The Bertz CT molecular complexity index is 994. The molecular formula is C22H20F3NO6. The van der Waals surface area contributed by atoms with E-state index in [0.29, 0.717) is 42.5 Å². The number of carbonyl (C=O) groups is 1. The number of fused-ring (bicyclic) bond motifs is 1. The van der Waals surface area contributed by atoms with Gasteiger partial charge in [-0.25, -0.2) is 0 Å². The molecule has 2 aliphatic heterocycles. The van der Waals surface area contributed by atoms with E-state index in [0.717, 1.165) is 0 Å². The van der Waals surface area contributed by atoms with Crippen LogP contribution in [0.3, 0.4) is 0 Å². The van der Waals surface area contributed by atoms with Crippen LogP contribution in [0, 0.1) is 0 Å². The van der Waals surface area contributed by atoms with Gasteiger partial charge in [0.25, 0.3) is 0 Å². The van der Waals surface area contributed by atoms with Crippen molar-refractivity contribution >= 4 is 12.0 Å². The molecule has 0 radical (unpaired) electrons. The first kappa shape index (κ1) is 21.8. The van der Waals surface area contributed by atoms with E-state index in [4.69, 9.17) is 18.9 Å². The highest BCUT2D eigenvalue weighted by Crippen LogP contribution is 2.35. The first-order valence-electron chi connectivity index (χ1n) is 9.82. The lowest BCUT2D eigenvalue weighted by Crippen LogP contribution is -2.47. The summed E-state index contributed by atoms with van der Waals surface area (Å²) in [5.41, 5.74) is 0.413. The molecule has 2 heterocycles. The molecule has 1 unspecified atom stereocenters. The van der Waals surface area contributed by atoms with Gasteiger partial charge >= 0.3 is 6.36 Å². The average molecular weight is 451 g/mol. The maximum atomic E-state index is 12.5. The fraction of sp³-hybridized carbons (Fsp3) is 0.318. The molecule has 2 aromatic rings. The molecule has 2 aromatic carbocycles. The van der Waals surface area contributed by atoms with Gasteiger partial charge in [-0.05, 0) is 35.9 Å². The number of ether oxygens (including phenoxy) is 5. The third kappa shape index (κ3) is 5.85. The average Bonchev–Trinajstić information content (AvgIpc) is 3.23. The molecule has 4 rings (SSSR count). The van der Waals surface area contributed by atoms with Crippen LogP contribution in [0.2, 0.25) is 0 Å². The summed E-state index contributed by atoms with van der Waals surface area (Å²) in [4.78, 5) is 14.1. The number of nitrogens with zero attached hydrogens (tertiary/aromatic N) is 1. The van der Waals surface area contributed by atoms with Crippen LogP contribution in [0.5, 0.6) is 23.0 Å². The van der Waals surface area contributed by atoms with Crippen molar-refractivity contribution < 1.29 is 41.7 Å². The van der Waals surface area contributed by atoms with Crippen LogP contribution >= 0.6 is 0 Å². The van der Waals surface area contributed by atoms with Crippen LogP contribution in [-0.2, 0) is 9.53 Å². The van der Waals surface area contributed by atoms with E-state index in [2.05, 4.69) is 4.74 Å². The Kier molecular flexibility index (Phi) is 6.40. The number of carbonyl (C=O) groups excluding carboxylic acids is 1. The van der Waals surface area contributed by atoms with Gasteiger partial charge in [-0.1, -0.05) is 12.1 Å². The number of amides is 1. The molecule has 1 saturated heterocycles. The molecule has 0 N–H and O–H groups in total. The Morgan fingerprint density at radius 3 is 2.81 bits per heavy atom. The first-order valence-corrected chi connectivity index (χ1v) is 9.82. The van der Waals surface area contributed by atoms with Crippen LogP contribution < -0.4 is 18.9 Å². The highest BCUT2D eigenvalue weighted by molar-refractivity contribution is 5.91. The van der Waals surface area contributed by atoms with E-state index in [-0.39, 0.29) is 31.2 Å². The maximum Gasteiger partial charge on any atom is 0.573 e. The summed E-state index contributed by atoms with van der Waals surface area (Å²) >= 11 is 0. The van der Waals surface area contributed by atoms with Crippen molar-refractivity contribution in [1.29, 1.82) is 0 Å². The van der Waals surface area contributed by atoms with Crippen molar-refractivity contribution in [3.8, 4) is 23.0 Å². The molecule has 1 atom stereocenters. The zero-order valence-electron chi connectivity index (χ0n) is 16.8. The minimum atomic E-state index is -4.77. The largest absolute Gasteiger partial charge is 0.573 e. The molecule has 32 heavy (non-hydrogen) atoms. The highest BCUT2D eigenvalue weighted by Gasteiger charge is 2.31. The van der Waals surface area contributed by atoms with E-state index in [1.54, 1.807) is 29.2 Å². The SMILES string of the molecule is O=C(C=Cc1cccc(OC(F)(F)F)c1)N1CCOC(COc2ccc3c(c2)OCO3)C1. The Morgan fingerprint density at radius 2 is 1.97 bits per heavy atom. The van der Waals surface area contributed by atoms with E-state index in [1.807, 2.05) is 0 Å². The molecule has 1 amide bonds. The maximum absolute atomic E-state index is 12.5. The van der Waals surface area contributed by atoms with Crippen molar-refractivity contribution in [2.24, 2.45) is 0 Å². The summed E-state index contributed by atoms with van der Waals surface area (Å²) in [7, 11) is 0. The van der Waals surface area contributed by atoms with Gasteiger partial charge in [0, 0.05) is 18.7 Å². The van der Waals surface area contributed by atoms with Crippen LogP contribution in [-0.4, -0.2) is 56.4 Å². The Morgan fingerprint density at radius 1 is 1.12 bits per heavy atom. The van der Waals surface area contributed by atoms with Gasteiger partial charge in [0.1, 0.15) is 24.2 Å². The van der Waals surface area contributed by atoms with Gasteiger partial charge in [-0.15, -0.1) is 13.2 Å². The molecule has 0 aromatic heterocycles. The smallest absolute Gasteiger partial charge is 0.491 e. The number of hydrogen-bond acceptors (Lipinski definition) is 6. The summed E-state index contributed by atoms with van der Waals surface area (Å²) in [5.74, 6) is 1.24. The molecule has 10 heteroatoms. The first-order chi connectivity index (χ1) is 15.4. The van der Waals surface area contributed by atoms with Crippen LogP contribution in [0.1, 0.15) is 5.56 Å². The Balaban J connectivity index is 1.30. The third-order valence-electron chi connectivity index (χ3n) is 4.74. The zero-order chi connectivity index (χ0) is 22.6. The second-order valence-electron chi connectivity index (χ2n) is 7.06. The van der Waals surface area contributed by atoms with Crippen molar-refractivity contribution in [2.75, 3.05) is 33.1 Å². The fourth-order valence-corrected chi connectivity index (χ4v) is 3.26. The lowest BCUT2D eigenvalue weighted by Gasteiger charge is -2.32. The van der Waals surface area contributed by atoms with Crippen LogP contribution in [0.15, 0.2) is 48.5 Å². The second kappa shape index (κ2) is 9.39. The van der Waals surface area contributed by atoms with Crippen molar-refractivity contribution in [2.45, 2.75) is 12.5 Å². The van der Waals surface area contributed by atoms with Crippen LogP contribution in [0.25, 0.3) is 6.08 Å². The minimum absolute atomic E-state index is 0.175. The monoisotopic (exact) mass is 451 g/mol. The number of benzene rings is 2. The lowest BCUT2D eigenvalue weighted by atomic mass is 10.2. The number of alkyl halides is 3. The van der Waals surface area contributed by atoms with Crippen molar-refractivity contribution in [3.63, 3.8) is 0 Å².